The highest BCUT2D eigenvalue weighted by atomic mass is 32.2. The SMILES string of the molecule is COc1ccccc1NC(=O)COC(=O)[C@@H]1CS[C@@]2(C)CCC(=O)N12. The average molecular weight is 364 g/mol. The van der Waals surface area contributed by atoms with Gasteiger partial charge in [-0.05, 0) is 25.5 Å². The van der Waals surface area contributed by atoms with Gasteiger partial charge in [0.05, 0.1) is 17.7 Å². The Hall–Kier alpha value is -2.22. The number of rotatable bonds is 5. The number of anilines is 1. The van der Waals surface area contributed by atoms with Crippen molar-refractivity contribution in [1.82, 2.24) is 4.90 Å². The Morgan fingerprint density at radius 2 is 2.16 bits per heavy atom. The van der Waals surface area contributed by atoms with E-state index in [9.17, 15) is 14.4 Å². The van der Waals surface area contributed by atoms with Crippen LogP contribution < -0.4 is 10.1 Å². The highest BCUT2D eigenvalue weighted by Crippen LogP contribution is 2.47. The second kappa shape index (κ2) is 6.95. The lowest BCUT2D eigenvalue weighted by Crippen LogP contribution is -2.47. The number of nitrogens with one attached hydrogen (secondary N) is 1. The minimum atomic E-state index is -0.621. The summed E-state index contributed by atoms with van der Waals surface area (Å²) in [7, 11) is 1.51. The predicted octanol–water partition coefficient (Wildman–Crippen LogP) is 1.63. The Labute approximate surface area is 150 Å². The van der Waals surface area contributed by atoms with Crippen molar-refractivity contribution in [2.75, 3.05) is 24.8 Å². The summed E-state index contributed by atoms with van der Waals surface area (Å²) in [4.78, 5) is 37.7. The fraction of sp³-hybridized carbons (Fsp3) is 0.471. The number of carbonyl (C=O) groups is 3. The maximum atomic E-state index is 12.3. The Morgan fingerprint density at radius 1 is 1.40 bits per heavy atom. The number of hydrogen-bond acceptors (Lipinski definition) is 6. The first-order valence-corrected chi connectivity index (χ1v) is 8.99. The van der Waals surface area contributed by atoms with Crippen LogP contribution in [0.15, 0.2) is 24.3 Å². The van der Waals surface area contributed by atoms with Crippen molar-refractivity contribution >= 4 is 35.2 Å². The molecule has 0 saturated carbocycles. The summed E-state index contributed by atoms with van der Waals surface area (Å²) in [5, 5.41) is 2.64. The Morgan fingerprint density at radius 3 is 2.92 bits per heavy atom. The van der Waals surface area contributed by atoms with Crippen LogP contribution >= 0.6 is 11.8 Å². The maximum absolute atomic E-state index is 12.3. The molecule has 0 spiro atoms. The molecule has 7 nitrogen and oxygen atoms in total. The van der Waals surface area contributed by atoms with Crippen molar-refractivity contribution in [3.8, 4) is 5.75 Å². The molecule has 2 amide bonds. The van der Waals surface area contributed by atoms with Crippen LogP contribution in [-0.4, -0.2) is 53.1 Å². The summed E-state index contributed by atoms with van der Waals surface area (Å²) in [6.07, 6.45) is 1.18. The molecule has 8 heteroatoms. The van der Waals surface area contributed by atoms with E-state index in [4.69, 9.17) is 9.47 Å². The lowest BCUT2D eigenvalue weighted by molar-refractivity contribution is -0.155. The molecule has 0 aliphatic carbocycles. The number of methoxy groups -OCH3 is 1. The van der Waals surface area contributed by atoms with E-state index in [2.05, 4.69) is 5.32 Å². The molecule has 1 aromatic rings. The molecule has 2 saturated heterocycles. The minimum absolute atomic E-state index is 0.0343. The molecule has 1 aromatic carbocycles. The quantitative estimate of drug-likeness (QED) is 0.800. The molecule has 3 rings (SSSR count). The first-order valence-electron chi connectivity index (χ1n) is 8.00. The highest BCUT2D eigenvalue weighted by Gasteiger charge is 2.53. The van der Waals surface area contributed by atoms with E-state index < -0.39 is 24.5 Å². The maximum Gasteiger partial charge on any atom is 0.330 e. The van der Waals surface area contributed by atoms with E-state index in [1.165, 1.54) is 7.11 Å². The molecule has 25 heavy (non-hydrogen) atoms. The molecule has 0 bridgehead atoms. The lowest BCUT2D eigenvalue weighted by atomic mass is 10.2. The Balaban J connectivity index is 1.56. The molecule has 2 fully saturated rings. The van der Waals surface area contributed by atoms with E-state index in [1.807, 2.05) is 6.92 Å². The van der Waals surface area contributed by atoms with Crippen molar-refractivity contribution < 1.29 is 23.9 Å². The molecule has 0 aromatic heterocycles. The van der Waals surface area contributed by atoms with Crippen molar-refractivity contribution in [2.45, 2.75) is 30.7 Å². The van der Waals surface area contributed by atoms with Gasteiger partial charge in [0.15, 0.2) is 6.61 Å². The molecule has 2 atom stereocenters. The van der Waals surface area contributed by atoms with Gasteiger partial charge in [-0.2, -0.15) is 0 Å². The number of nitrogens with zero attached hydrogens (tertiary/aromatic N) is 1. The zero-order valence-corrected chi connectivity index (χ0v) is 14.9. The summed E-state index contributed by atoms with van der Waals surface area (Å²) < 4.78 is 10.3. The van der Waals surface area contributed by atoms with Gasteiger partial charge >= 0.3 is 5.97 Å². The van der Waals surface area contributed by atoms with Gasteiger partial charge in [-0.15, -0.1) is 11.8 Å². The van der Waals surface area contributed by atoms with Crippen LogP contribution in [-0.2, 0) is 19.1 Å². The van der Waals surface area contributed by atoms with Gasteiger partial charge < -0.3 is 19.7 Å². The summed E-state index contributed by atoms with van der Waals surface area (Å²) in [5.41, 5.74) is 0.504. The van der Waals surface area contributed by atoms with Crippen molar-refractivity contribution in [3.05, 3.63) is 24.3 Å². The van der Waals surface area contributed by atoms with Crippen LogP contribution in [0.5, 0.6) is 5.75 Å². The molecule has 134 valence electrons. The van der Waals surface area contributed by atoms with Gasteiger partial charge in [0, 0.05) is 12.2 Å². The van der Waals surface area contributed by atoms with Crippen molar-refractivity contribution in [3.63, 3.8) is 0 Å². The Bertz CT molecular complexity index is 710. The first kappa shape index (κ1) is 17.6. The van der Waals surface area contributed by atoms with Crippen LogP contribution in [0.2, 0.25) is 0 Å². The van der Waals surface area contributed by atoms with E-state index in [0.717, 1.165) is 6.42 Å². The summed E-state index contributed by atoms with van der Waals surface area (Å²) >= 11 is 1.58. The van der Waals surface area contributed by atoms with Gasteiger partial charge in [0.25, 0.3) is 5.91 Å². The van der Waals surface area contributed by atoms with E-state index in [1.54, 1.807) is 40.9 Å². The number of fused-ring (bicyclic) bond motifs is 1. The van der Waals surface area contributed by atoms with Crippen LogP contribution in [0, 0.1) is 0 Å². The summed E-state index contributed by atoms with van der Waals surface area (Å²) in [6, 6.07) is 6.34. The lowest BCUT2D eigenvalue weighted by Gasteiger charge is -2.29. The second-order valence-electron chi connectivity index (χ2n) is 6.12. The predicted molar refractivity (Wildman–Crippen MR) is 93.3 cm³/mol. The molecule has 0 unspecified atom stereocenters. The van der Waals surface area contributed by atoms with Gasteiger partial charge in [-0.25, -0.2) is 4.79 Å². The largest absolute Gasteiger partial charge is 0.495 e. The van der Waals surface area contributed by atoms with Crippen molar-refractivity contribution in [2.24, 2.45) is 0 Å². The van der Waals surface area contributed by atoms with E-state index in [0.29, 0.717) is 23.6 Å². The topological polar surface area (TPSA) is 84.9 Å². The van der Waals surface area contributed by atoms with Gasteiger partial charge in [-0.3, -0.25) is 9.59 Å². The third-order valence-electron chi connectivity index (χ3n) is 4.44. The smallest absolute Gasteiger partial charge is 0.330 e. The molecule has 2 aliphatic heterocycles. The molecule has 0 radical (unpaired) electrons. The average Bonchev–Trinajstić information content (AvgIpc) is 3.09. The monoisotopic (exact) mass is 364 g/mol. The van der Waals surface area contributed by atoms with Crippen LogP contribution in [0.1, 0.15) is 19.8 Å². The fourth-order valence-corrected chi connectivity index (χ4v) is 4.58. The number of carbonyl (C=O) groups excluding carboxylic acids is 3. The third-order valence-corrected chi connectivity index (χ3v) is 5.95. The molecular weight excluding hydrogens is 344 g/mol. The van der Waals surface area contributed by atoms with E-state index >= 15 is 0 Å². The first-order chi connectivity index (χ1) is 11.9. The van der Waals surface area contributed by atoms with Gasteiger partial charge in [0.2, 0.25) is 5.91 Å². The molecular formula is C17H20N2O5S. The second-order valence-corrected chi connectivity index (χ2v) is 7.62. The molecule has 1 N–H and O–H groups in total. The standard InChI is InChI=1S/C17H20N2O5S/c1-17-8-7-15(21)19(17)12(10-25-17)16(22)24-9-14(20)18-11-5-3-4-6-13(11)23-2/h3-6,12H,7-10H2,1-2H3,(H,18,20)/t12-,17-/m0/s1. The zero-order chi connectivity index (χ0) is 18.0. The van der Waals surface area contributed by atoms with E-state index in [-0.39, 0.29) is 10.8 Å². The molecule has 2 aliphatic rings. The number of esters is 1. The fourth-order valence-electron chi connectivity index (χ4n) is 3.16. The number of thioether (sulfide) groups is 1. The van der Waals surface area contributed by atoms with Crippen LogP contribution in [0.25, 0.3) is 0 Å². The summed E-state index contributed by atoms with van der Waals surface area (Å²) in [5.74, 6) is -0.0174. The molecule has 2 heterocycles. The Kier molecular flexibility index (Phi) is 4.89. The number of ether oxygens (including phenoxy) is 2. The number of para-hydroxylation sites is 2. The number of hydrogen-bond donors (Lipinski definition) is 1. The number of amides is 2. The summed E-state index contributed by atoms with van der Waals surface area (Å²) in [6.45, 7) is 1.56. The number of benzene rings is 1. The van der Waals surface area contributed by atoms with Gasteiger partial charge in [-0.1, -0.05) is 12.1 Å². The van der Waals surface area contributed by atoms with Crippen LogP contribution in [0.3, 0.4) is 0 Å². The third kappa shape index (κ3) is 3.44. The minimum Gasteiger partial charge on any atom is -0.495 e. The zero-order valence-electron chi connectivity index (χ0n) is 14.1. The normalized spacial score (nSPS) is 24.8. The van der Waals surface area contributed by atoms with Crippen LogP contribution in [0.4, 0.5) is 5.69 Å². The highest BCUT2D eigenvalue weighted by molar-refractivity contribution is 8.01. The van der Waals surface area contributed by atoms with Crippen molar-refractivity contribution in [1.29, 1.82) is 0 Å². The van der Waals surface area contributed by atoms with Gasteiger partial charge in [0.1, 0.15) is 11.8 Å².